The molecule has 0 unspecified atom stereocenters. The fraction of sp³-hybridized carbons (Fsp3) is 0.265. The summed E-state index contributed by atoms with van der Waals surface area (Å²) in [6.45, 7) is 4.91. The van der Waals surface area contributed by atoms with Crippen molar-refractivity contribution in [1.82, 2.24) is 9.55 Å². The minimum Gasteiger partial charge on any atom is -0.457 e. The molecule has 1 heterocycles. The van der Waals surface area contributed by atoms with Crippen LogP contribution in [0.2, 0.25) is 0 Å². The number of benzene rings is 3. The predicted molar refractivity (Wildman–Crippen MR) is 165 cm³/mol. The van der Waals surface area contributed by atoms with Gasteiger partial charge >= 0.3 is 17.9 Å². The van der Waals surface area contributed by atoms with Crippen molar-refractivity contribution in [3.63, 3.8) is 0 Å². The number of nitrogens with one attached hydrogen (secondary N) is 1. The number of amidine groups is 1. The van der Waals surface area contributed by atoms with Gasteiger partial charge in [-0.15, -0.1) is 0 Å². The summed E-state index contributed by atoms with van der Waals surface area (Å²) >= 11 is 0. The zero-order chi connectivity index (χ0) is 31.9. The van der Waals surface area contributed by atoms with Crippen LogP contribution in [-0.2, 0) is 43.9 Å². The molecule has 3 N–H and O–H groups in total. The Hall–Kier alpha value is -5.25. The molecule has 1 aromatic heterocycles. The number of imidazole rings is 1. The van der Waals surface area contributed by atoms with E-state index in [2.05, 4.69) is 0 Å². The summed E-state index contributed by atoms with van der Waals surface area (Å²) in [5, 5.41) is 8.13. The third-order valence-electron chi connectivity index (χ3n) is 6.76. The number of rotatable bonds is 11. The number of carbonyl (C=O) groups is 3. The van der Waals surface area contributed by atoms with E-state index < -0.39 is 30.1 Å². The maximum absolute atomic E-state index is 12.7. The van der Waals surface area contributed by atoms with Crippen LogP contribution in [0.3, 0.4) is 0 Å². The van der Waals surface area contributed by atoms with Gasteiger partial charge in [-0.3, -0.25) is 15.0 Å². The number of carbonyl (C=O) groups excluding carboxylic acids is 3. The fourth-order valence-electron chi connectivity index (χ4n) is 4.29. The van der Waals surface area contributed by atoms with Gasteiger partial charge in [0.05, 0.1) is 16.7 Å². The lowest BCUT2D eigenvalue weighted by Gasteiger charge is -2.16. The van der Waals surface area contributed by atoms with Crippen LogP contribution in [0.1, 0.15) is 54.2 Å². The normalized spacial score (nSPS) is 11.1. The lowest BCUT2D eigenvalue weighted by Crippen LogP contribution is -2.24. The van der Waals surface area contributed by atoms with Crippen LogP contribution in [-0.4, -0.2) is 40.1 Å². The maximum atomic E-state index is 12.7. The summed E-state index contributed by atoms with van der Waals surface area (Å²) in [5.41, 5.74) is 9.77. The minimum atomic E-state index is -0.666. The molecule has 10 heteroatoms. The summed E-state index contributed by atoms with van der Waals surface area (Å²) in [5.74, 6) is -0.914. The number of esters is 3. The van der Waals surface area contributed by atoms with E-state index in [1.807, 2.05) is 72.4 Å². The second-order valence-corrected chi connectivity index (χ2v) is 11.3. The van der Waals surface area contributed by atoms with Crippen LogP contribution < -0.4 is 5.73 Å². The Balaban J connectivity index is 1.40. The Morgan fingerprint density at radius 3 is 2.27 bits per heavy atom. The predicted octanol–water partition coefficient (Wildman–Crippen LogP) is 5.42. The molecule has 4 aromatic rings. The van der Waals surface area contributed by atoms with Crippen molar-refractivity contribution in [2.75, 3.05) is 6.79 Å². The topological polar surface area (TPSA) is 147 Å². The molecular weight excluding hydrogens is 560 g/mol. The average molecular weight is 597 g/mol. The van der Waals surface area contributed by atoms with Crippen LogP contribution in [0.5, 0.6) is 0 Å². The van der Waals surface area contributed by atoms with Crippen molar-refractivity contribution in [2.24, 2.45) is 18.2 Å². The number of nitrogen functional groups attached to an aromatic ring is 1. The summed E-state index contributed by atoms with van der Waals surface area (Å²) in [6, 6.07) is 21.9. The fourth-order valence-corrected chi connectivity index (χ4v) is 4.29. The molecule has 10 nitrogen and oxygen atoms in total. The van der Waals surface area contributed by atoms with Crippen molar-refractivity contribution in [1.29, 1.82) is 5.41 Å². The Kier molecular flexibility index (Phi) is 9.95. The lowest BCUT2D eigenvalue weighted by molar-refractivity contribution is -0.173. The van der Waals surface area contributed by atoms with Gasteiger partial charge in [0.1, 0.15) is 18.3 Å². The van der Waals surface area contributed by atoms with E-state index in [1.54, 1.807) is 39.0 Å². The zero-order valence-electron chi connectivity index (χ0n) is 25.3. The second kappa shape index (κ2) is 13.8. The number of hydrogen-bond donors (Lipinski definition) is 2. The molecule has 3 aromatic carbocycles. The molecule has 44 heavy (non-hydrogen) atoms. The maximum Gasteiger partial charge on any atom is 0.338 e. The molecule has 228 valence electrons. The highest BCUT2D eigenvalue weighted by atomic mass is 16.7. The number of ether oxygens (including phenoxy) is 3. The van der Waals surface area contributed by atoms with Gasteiger partial charge in [0, 0.05) is 36.4 Å². The molecule has 0 aliphatic rings. The van der Waals surface area contributed by atoms with Crippen molar-refractivity contribution in [3.05, 3.63) is 101 Å². The van der Waals surface area contributed by atoms with Crippen LogP contribution in [0.4, 0.5) is 0 Å². The number of nitrogens with zero attached hydrogens (tertiary/aromatic N) is 2. The van der Waals surface area contributed by atoms with Crippen LogP contribution in [0.25, 0.3) is 22.6 Å². The highest BCUT2D eigenvalue weighted by molar-refractivity contribution is 6.03. The SMILES string of the molecule is Cn1cc(-c2ccc(C(=O)OCc3ccccc3)cc2C(=N)N)nc1-c1ccc(CCC(=O)OCOC(=O)C(C)(C)C)cc1. The van der Waals surface area contributed by atoms with Crippen molar-refractivity contribution in [3.8, 4) is 22.6 Å². The van der Waals surface area contributed by atoms with Crippen LogP contribution in [0.15, 0.2) is 79.0 Å². The molecule has 0 bridgehead atoms. The van der Waals surface area contributed by atoms with Crippen LogP contribution in [0, 0.1) is 10.8 Å². The number of aromatic nitrogens is 2. The number of aryl methyl sites for hydroxylation is 2. The van der Waals surface area contributed by atoms with Gasteiger partial charge in [-0.2, -0.15) is 0 Å². The summed E-state index contributed by atoms with van der Waals surface area (Å²) in [7, 11) is 1.87. The van der Waals surface area contributed by atoms with E-state index in [4.69, 9.17) is 30.3 Å². The van der Waals surface area contributed by atoms with E-state index >= 15 is 0 Å². The summed E-state index contributed by atoms with van der Waals surface area (Å²) in [6.07, 6.45) is 2.43. The molecule has 4 rings (SSSR count). The Morgan fingerprint density at radius 2 is 1.61 bits per heavy atom. The second-order valence-electron chi connectivity index (χ2n) is 11.3. The first kappa shape index (κ1) is 31.7. The zero-order valence-corrected chi connectivity index (χ0v) is 25.3. The average Bonchev–Trinajstić information content (AvgIpc) is 3.39. The molecule has 0 saturated heterocycles. The quantitative estimate of drug-likeness (QED) is 0.101. The van der Waals surface area contributed by atoms with E-state index in [9.17, 15) is 14.4 Å². The summed E-state index contributed by atoms with van der Waals surface area (Å²) in [4.78, 5) is 41.3. The van der Waals surface area contributed by atoms with E-state index in [0.717, 1.165) is 16.7 Å². The molecule has 0 atom stereocenters. The molecule has 0 spiro atoms. The lowest BCUT2D eigenvalue weighted by atomic mass is 9.98. The van der Waals surface area contributed by atoms with Gasteiger partial charge in [-0.05, 0) is 50.5 Å². The minimum absolute atomic E-state index is 0.137. The number of nitrogens with two attached hydrogens (primary N) is 1. The van der Waals surface area contributed by atoms with E-state index in [-0.39, 0.29) is 24.4 Å². The first-order valence-electron chi connectivity index (χ1n) is 14.1. The molecule has 0 saturated carbocycles. The van der Waals surface area contributed by atoms with Gasteiger partial charge in [0.25, 0.3) is 0 Å². The molecule has 0 fully saturated rings. The smallest absolute Gasteiger partial charge is 0.338 e. The van der Waals surface area contributed by atoms with Gasteiger partial charge < -0.3 is 24.5 Å². The molecule has 0 aliphatic heterocycles. The molecule has 0 amide bonds. The van der Waals surface area contributed by atoms with Crippen molar-refractivity contribution >= 4 is 23.7 Å². The van der Waals surface area contributed by atoms with E-state index in [1.165, 1.54) is 0 Å². The highest BCUT2D eigenvalue weighted by Gasteiger charge is 2.23. The third kappa shape index (κ3) is 8.19. The first-order chi connectivity index (χ1) is 20.9. The molecule has 0 aliphatic carbocycles. The molecular formula is C34H36N4O6. The van der Waals surface area contributed by atoms with Crippen molar-refractivity contribution < 1.29 is 28.6 Å². The first-order valence-corrected chi connectivity index (χ1v) is 14.1. The Labute approximate surface area is 256 Å². The van der Waals surface area contributed by atoms with Crippen molar-refractivity contribution in [2.45, 2.75) is 40.2 Å². The van der Waals surface area contributed by atoms with Gasteiger partial charge in [0.2, 0.25) is 6.79 Å². The standard InChI is InChI=1S/C34H36N4O6/c1-34(2,3)33(41)44-21-43-29(39)17-12-22-10-13-24(14-11-22)31-37-28(19-38(31)4)26-16-15-25(18-27(26)30(35)36)32(40)42-20-23-8-6-5-7-9-23/h5-11,13-16,18-19H,12,17,20-21H2,1-4H3,(H3,35,36). The van der Waals surface area contributed by atoms with Gasteiger partial charge in [0.15, 0.2) is 0 Å². The molecule has 0 radical (unpaired) electrons. The van der Waals surface area contributed by atoms with Gasteiger partial charge in [-0.25, -0.2) is 9.78 Å². The largest absolute Gasteiger partial charge is 0.457 e. The highest BCUT2D eigenvalue weighted by Crippen LogP contribution is 2.28. The Bertz CT molecular complexity index is 1650. The number of hydrogen-bond acceptors (Lipinski definition) is 8. The van der Waals surface area contributed by atoms with E-state index in [0.29, 0.717) is 29.1 Å². The Morgan fingerprint density at radius 1 is 0.909 bits per heavy atom. The van der Waals surface area contributed by atoms with Crippen LogP contribution >= 0.6 is 0 Å². The summed E-state index contributed by atoms with van der Waals surface area (Å²) < 4.78 is 17.3. The van der Waals surface area contributed by atoms with Gasteiger partial charge in [-0.1, -0.05) is 60.7 Å². The third-order valence-corrected chi connectivity index (χ3v) is 6.76. The monoisotopic (exact) mass is 596 g/mol.